The van der Waals surface area contributed by atoms with E-state index in [0.717, 1.165) is 65.6 Å². The molecule has 1 aliphatic heterocycles. The lowest BCUT2D eigenvalue weighted by atomic mass is 10.4. The maximum Gasteiger partial charge on any atom is 0.0591 e. The van der Waals surface area contributed by atoms with Gasteiger partial charge in [0.1, 0.15) is 0 Å². The lowest BCUT2D eigenvalue weighted by Crippen LogP contribution is -2.34. The summed E-state index contributed by atoms with van der Waals surface area (Å²) in [5, 5.41) is 13.5. The Hall–Kier alpha value is -0.200. The first-order valence-electron chi connectivity index (χ1n) is 6.41. The van der Waals surface area contributed by atoms with Crippen LogP contribution in [-0.2, 0) is 4.74 Å². The minimum Gasteiger partial charge on any atom is -0.379 e. The average molecular weight is 230 g/mol. The van der Waals surface area contributed by atoms with Crippen molar-refractivity contribution in [3.63, 3.8) is 0 Å². The first-order valence-corrected chi connectivity index (χ1v) is 6.41. The first kappa shape index (κ1) is 13.9. The van der Waals surface area contributed by atoms with Gasteiger partial charge in [-0.05, 0) is 19.5 Å². The molecule has 0 bridgehead atoms. The van der Waals surface area contributed by atoms with Gasteiger partial charge in [0.2, 0.25) is 0 Å². The van der Waals surface area contributed by atoms with Crippen LogP contribution in [0.3, 0.4) is 0 Å². The molecule has 0 spiro atoms. The van der Waals surface area contributed by atoms with E-state index in [1.165, 1.54) is 6.42 Å². The zero-order valence-corrected chi connectivity index (χ0v) is 10.2. The predicted octanol–water partition coefficient (Wildman–Crippen LogP) is -1.23. The van der Waals surface area contributed by atoms with Gasteiger partial charge in [-0.15, -0.1) is 0 Å². The van der Waals surface area contributed by atoms with Crippen molar-refractivity contribution >= 4 is 0 Å². The maximum absolute atomic E-state index is 5.47. The maximum atomic E-state index is 5.47. The third kappa shape index (κ3) is 9.06. The van der Waals surface area contributed by atoms with Crippen LogP contribution in [0.15, 0.2) is 0 Å². The van der Waals surface area contributed by atoms with Gasteiger partial charge >= 0.3 is 0 Å². The van der Waals surface area contributed by atoms with Gasteiger partial charge in [0.15, 0.2) is 0 Å². The van der Waals surface area contributed by atoms with Gasteiger partial charge < -0.3 is 26.0 Å². The molecule has 1 rings (SSSR count). The Morgan fingerprint density at radius 1 is 0.500 bits per heavy atom. The SMILES string of the molecule is C1CNCCNCCOCCNCCNC1. The second kappa shape index (κ2) is 11.3. The number of ether oxygens (including phenoxy) is 1. The summed E-state index contributed by atoms with van der Waals surface area (Å²) in [6.45, 7) is 9.83. The third-order valence-corrected chi connectivity index (χ3v) is 2.51. The summed E-state index contributed by atoms with van der Waals surface area (Å²) in [6.07, 6.45) is 1.20. The van der Waals surface area contributed by atoms with Gasteiger partial charge in [0.25, 0.3) is 0 Å². The fourth-order valence-corrected chi connectivity index (χ4v) is 1.58. The van der Waals surface area contributed by atoms with E-state index < -0.39 is 0 Å². The summed E-state index contributed by atoms with van der Waals surface area (Å²) < 4.78 is 5.47. The summed E-state index contributed by atoms with van der Waals surface area (Å²) in [5.74, 6) is 0. The molecule has 1 heterocycles. The topological polar surface area (TPSA) is 57.4 Å². The molecule has 0 aromatic heterocycles. The van der Waals surface area contributed by atoms with Crippen LogP contribution in [0.5, 0.6) is 0 Å². The van der Waals surface area contributed by atoms with E-state index >= 15 is 0 Å². The first-order chi connectivity index (χ1) is 8.00. The molecule has 0 radical (unpaired) electrons. The molecular formula is C11H26N4O. The monoisotopic (exact) mass is 230 g/mol. The van der Waals surface area contributed by atoms with Crippen LogP contribution < -0.4 is 21.3 Å². The number of nitrogens with one attached hydrogen (secondary N) is 4. The summed E-state index contributed by atoms with van der Waals surface area (Å²) in [4.78, 5) is 0. The Bertz CT molecular complexity index is 81.9. The minimum atomic E-state index is 0.805. The van der Waals surface area contributed by atoms with Crippen LogP contribution in [0.25, 0.3) is 0 Å². The van der Waals surface area contributed by atoms with E-state index in [1.807, 2.05) is 0 Å². The van der Waals surface area contributed by atoms with Crippen LogP contribution >= 0.6 is 0 Å². The average Bonchev–Trinajstić information content (AvgIpc) is 2.29. The molecule has 1 fully saturated rings. The van der Waals surface area contributed by atoms with E-state index in [1.54, 1.807) is 0 Å². The fourth-order valence-electron chi connectivity index (χ4n) is 1.58. The standard InChI is InChI=1S/C11H26N4O/c1-2-12-4-6-14-8-10-16-11-9-15-7-5-13-3-1/h12-15H,1-11H2. The van der Waals surface area contributed by atoms with Crippen molar-refractivity contribution in [3.05, 3.63) is 0 Å². The van der Waals surface area contributed by atoms with Crippen molar-refractivity contribution in [2.24, 2.45) is 0 Å². The summed E-state index contributed by atoms with van der Waals surface area (Å²) in [5.41, 5.74) is 0. The fraction of sp³-hybridized carbons (Fsp3) is 1.00. The van der Waals surface area contributed by atoms with Gasteiger partial charge in [-0.3, -0.25) is 0 Å². The molecule has 0 aromatic carbocycles. The highest BCUT2D eigenvalue weighted by Crippen LogP contribution is 1.75. The van der Waals surface area contributed by atoms with Crippen molar-refractivity contribution in [2.45, 2.75) is 6.42 Å². The predicted molar refractivity (Wildman–Crippen MR) is 66.9 cm³/mol. The highest BCUT2D eigenvalue weighted by atomic mass is 16.5. The van der Waals surface area contributed by atoms with Gasteiger partial charge in [0, 0.05) is 39.3 Å². The molecule has 0 aliphatic carbocycles. The third-order valence-electron chi connectivity index (χ3n) is 2.51. The van der Waals surface area contributed by atoms with Crippen LogP contribution in [0.4, 0.5) is 0 Å². The summed E-state index contributed by atoms with van der Waals surface area (Å²) in [7, 11) is 0. The number of rotatable bonds is 0. The number of hydrogen-bond acceptors (Lipinski definition) is 5. The van der Waals surface area contributed by atoms with E-state index in [2.05, 4.69) is 21.3 Å². The lowest BCUT2D eigenvalue weighted by molar-refractivity contribution is 0.138. The Morgan fingerprint density at radius 3 is 1.44 bits per heavy atom. The Morgan fingerprint density at radius 2 is 0.938 bits per heavy atom. The largest absolute Gasteiger partial charge is 0.379 e. The van der Waals surface area contributed by atoms with Crippen molar-refractivity contribution in [1.29, 1.82) is 0 Å². The van der Waals surface area contributed by atoms with E-state index in [9.17, 15) is 0 Å². The molecule has 16 heavy (non-hydrogen) atoms. The van der Waals surface area contributed by atoms with Crippen molar-refractivity contribution in [1.82, 2.24) is 21.3 Å². The molecule has 4 N–H and O–H groups in total. The normalized spacial score (nSPS) is 24.0. The minimum absolute atomic E-state index is 0.805. The molecule has 5 nitrogen and oxygen atoms in total. The van der Waals surface area contributed by atoms with Crippen LogP contribution in [0, 0.1) is 0 Å². The Kier molecular flexibility index (Phi) is 9.78. The molecule has 1 saturated heterocycles. The summed E-state index contributed by atoms with van der Waals surface area (Å²) in [6, 6.07) is 0. The smallest absolute Gasteiger partial charge is 0.0591 e. The molecular weight excluding hydrogens is 204 g/mol. The molecule has 96 valence electrons. The highest BCUT2D eigenvalue weighted by molar-refractivity contribution is 4.56. The molecule has 0 saturated carbocycles. The summed E-state index contributed by atoms with van der Waals surface area (Å²) >= 11 is 0. The lowest BCUT2D eigenvalue weighted by Gasteiger charge is -2.10. The quantitative estimate of drug-likeness (QED) is 0.420. The molecule has 0 aromatic rings. The van der Waals surface area contributed by atoms with Crippen molar-refractivity contribution in [2.75, 3.05) is 65.6 Å². The van der Waals surface area contributed by atoms with E-state index in [0.29, 0.717) is 0 Å². The van der Waals surface area contributed by atoms with Crippen LogP contribution in [0.2, 0.25) is 0 Å². The van der Waals surface area contributed by atoms with Crippen LogP contribution in [-0.4, -0.2) is 65.6 Å². The Balaban J connectivity index is 2.00. The van der Waals surface area contributed by atoms with E-state index in [-0.39, 0.29) is 0 Å². The van der Waals surface area contributed by atoms with E-state index in [4.69, 9.17) is 4.74 Å². The van der Waals surface area contributed by atoms with Gasteiger partial charge in [-0.25, -0.2) is 0 Å². The highest BCUT2D eigenvalue weighted by Gasteiger charge is 1.93. The Labute approximate surface area is 98.7 Å². The molecule has 1 aliphatic rings. The molecule has 5 heteroatoms. The molecule has 0 unspecified atom stereocenters. The zero-order chi connectivity index (χ0) is 11.3. The molecule has 0 amide bonds. The van der Waals surface area contributed by atoms with Crippen molar-refractivity contribution in [3.8, 4) is 0 Å². The van der Waals surface area contributed by atoms with Gasteiger partial charge in [-0.1, -0.05) is 0 Å². The van der Waals surface area contributed by atoms with Crippen LogP contribution in [0.1, 0.15) is 6.42 Å². The molecule has 0 atom stereocenters. The number of hydrogen-bond donors (Lipinski definition) is 4. The second-order valence-electron chi connectivity index (χ2n) is 3.97. The van der Waals surface area contributed by atoms with Crippen molar-refractivity contribution < 1.29 is 4.74 Å². The van der Waals surface area contributed by atoms with Gasteiger partial charge in [0.05, 0.1) is 13.2 Å². The van der Waals surface area contributed by atoms with Gasteiger partial charge in [-0.2, -0.15) is 0 Å². The second-order valence-corrected chi connectivity index (χ2v) is 3.97. The zero-order valence-electron chi connectivity index (χ0n) is 10.2.